The van der Waals surface area contributed by atoms with Crippen molar-refractivity contribution in [3.63, 3.8) is 0 Å². The monoisotopic (exact) mass is 445 g/mol. The molecule has 0 saturated carbocycles. The van der Waals surface area contributed by atoms with E-state index in [1.54, 1.807) is 15.8 Å². The summed E-state index contributed by atoms with van der Waals surface area (Å²) < 4.78 is 1.60. The number of hydrogen-bond acceptors (Lipinski definition) is 5. The standard InChI is InChI=1S/C24H27N7O2/c1-16-7-6-8-17(2)20(16)28-23(33)30-14-24(15-30,11-12-25)31-13-19(21(26)32)22(29-31)27-18-9-4-3-5-10-18/h3-7,9-10,13,17H,8,11,14-15H2,1-2H3,(H2,26,32)(H,27,29)(H,28,33). The summed E-state index contributed by atoms with van der Waals surface area (Å²) in [5, 5.41) is 20.2. The van der Waals surface area contributed by atoms with Gasteiger partial charge in [-0.05, 0) is 31.1 Å². The summed E-state index contributed by atoms with van der Waals surface area (Å²) >= 11 is 0. The van der Waals surface area contributed by atoms with E-state index < -0.39 is 11.4 Å². The van der Waals surface area contributed by atoms with E-state index in [-0.39, 0.29) is 23.9 Å². The summed E-state index contributed by atoms with van der Waals surface area (Å²) in [7, 11) is 0. The minimum atomic E-state index is -0.728. The van der Waals surface area contributed by atoms with E-state index >= 15 is 0 Å². The number of hydrogen-bond donors (Lipinski definition) is 3. The van der Waals surface area contributed by atoms with E-state index in [4.69, 9.17) is 5.73 Å². The summed E-state index contributed by atoms with van der Waals surface area (Å²) in [6, 6.07) is 11.3. The molecule has 1 saturated heterocycles. The quantitative estimate of drug-likeness (QED) is 0.629. The Kier molecular flexibility index (Phi) is 5.92. The van der Waals surface area contributed by atoms with Crippen molar-refractivity contribution >= 4 is 23.4 Å². The Bertz CT molecular complexity index is 1170. The summed E-state index contributed by atoms with van der Waals surface area (Å²) in [6.45, 7) is 4.66. The van der Waals surface area contributed by atoms with E-state index in [2.05, 4.69) is 34.8 Å². The number of allylic oxidation sites excluding steroid dienone is 4. The Hall–Kier alpha value is -4.06. The number of aromatic nitrogens is 2. The number of rotatable bonds is 6. The first kappa shape index (κ1) is 22.1. The topological polar surface area (TPSA) is 129 Å². The molecular weight excluding hydrogens is 418 g/mol. The number of primary amides is 1. The fourth-order valence-corrected chi connectivity index (χ4v) is 4.30. The van der Waals surface area contributed by atoms with Crippen molar-refractivity contribution in [1.29, 1.82) is 5.26 Å². The van der Waals surface area contributed by atoms with Crippen molar-refractivity contribution in [2.45, 2.75) is 32.2 Å². The number of nitrogens with zero attached hydrogens (tertiary/aromatic N) is 4. The maximum absolute atomic E-state index is 12.9. The zero-order chi connectivity index (χ0) is 23.6. The van der Waals surface area contributed by atoms with Crippen LogP contribution in [0.3, 0.4) is 0 Å². The SMILES string of the molecule is CC1=C(NC(=O)N2CC(CC#N)(n3cc(C(N)=O)c(Nc4ccccc4)n3)C2)C(C)CC=C1. The van der Waals surface area contributed by atoms with Crippen LogP contribution in [0.2, 0.25) is 0 Å². The summed E-state index contributed by atoms with van der Waals surface area (Å²) in [5.41, 5.74) is 7.80. The maximum atomic E-state index is 12.9. The maximum Gasteiger partial charge on any atom is 0.321 e. The zero-order valence-electron chi connectivity index (χ0n) is 18.7. The van der Waals surface area contributed by atoms with Crippen molar-refractivity contribution in [2.75, 3.05) is 18.4 Å². The van der Waals surface area contributed by atoms with Gasteiger partial charge in [-0.25, -0.2) is 4.79 Å². The molecule has 4 rings (SSSR count). The van der Waals surface area contributed by atoms with Crippen molar-refractivity contribution < 1.29 is 9.59 Å². The Labute approximate surface area is 192 Å². The van der Waals surface area contributed by atoms with E-state index in [0.29, 0.717) is 18.9 Å². The summed E-state index contributed by atoms with van der Waals surface area (Å²) in [5.74, 6) is -0.0695. The number of nitrogens with one attached hydrogen (secondary N) is 2. The van der Waals surface area contributed by atoms with Gasteiger partial charge in [0, 0.05) is 23.5 Å². The third-order valence-corrected chi connectivity index (χ3v) is 6.18. The van der Waals surface area contributed by atoms with Gasteiger partial charge in [-0.2, -0.15) is 10.4 Å². The van der Waals surface area contributed by atoms with Crippen LogP contribution in [0.15, 0.2) is 60.0 Å². The van der Waals surface area contributed by atoms with Gasteiger partial charge < -0.3 is 21.3 Å². The Morgan fingerprint density at radius 1 is 1.30 bits per heavy atom. The molecule has 1 aliphatic carbocycles. The number of para-hydroxylation sites is 1. The lowest BCUT2D eigenvalue weighted by atomic mass is 9.87. The number of carbonyl (C=O) groups excluding carboxylic acids is 2. The zero-order valence-corrected chi connectivity index (χ0v) is 18.7. The van der Waals surface area contributed by atoms with E-state index in [0.717, 1.165) is 23.4 Å². The lowest BCUT2D eigenvalue weighted by Gasteiger charge is -2.48. The number of benzene rings is 1. The molecule has 1 atom stereocenters. The van der Waals surface area contributed by atoms with Crippen molar-refractivity contribution in [3.05, 3.63) is 65.5 Å². The normalized spacial score (nSPS) is 18.9. The molecule has 4 N–H and O–H groups in total. The third-order valence-electron chi connectivity index (χ3n) is 6.18. The number of urea groups is 1. The van der Waals surface area contributed by atoms with Gasteiger partial charge in [0.05, 0.1) is 25.6 Å². The van der Waals surface area contributed by atoms with Crippen LogP contribution in [0, 0.1) is 17.2 Å². The van der Waals surface area contributed by atoms with Crippen LogP contribution >= 0.6 is 0 Å². The van der Waals surface area contributed by atoms with Gasteiger partial charge in [0.2, 0.25) is 0 Å². The average Bonchev–Trinajstić information content (AvgIpc) is 3.18. The van der Waals surface area contributed by atoms with Crippen LogP contribution in [0.4, 0.5) is 16.3 Å². The molecular formula is C24H27N7O2. The molecule has 3 amide bonds. The predicted molar refractivity (Wildman–Crippen MR) is 124 cm³/mol. The highest BCUT2D eigenvalue weighted by Gasteiger charge is 2.48. The summed E-state index contributed by atoms with van der Waals surface area (Å²) in [4.78, 5) is 26.6. The first-order valence-corrected chi connectivity index (χ1v) is 10.9. The van der Waals surface area contributed by atoms with E-state index in [1.807, 2.05) is 43.3 Å². The number of carbonyl (C=O) groups is 2. The molecule has 1 aromatic carbocycles. The second-order valence-electron chi connectivity index (χ2n) is 8.67. The van der Waals surface area contributed by atoms with Crippen LogP contribution in [-0.4, -0.2) is 39.7 Å². The highest BCUT2D eigenvalue weighted by molar-refractivity contribution is 5.98. The van der Waals surface area contributed by atoms with E-state index in [9.17, 15) is 14.9 Å². The van der Waals surface area contributed by atoms with Crippen LogP contribution in [-0.2, 0) is 5.54 Å². The van der Waals surface area contributed by atoms with Gasteiger partial charge in [0.15, 0.2) is 5.82 Å². The third kappa shape index (κ3) is 4.32. The van der Waals surface area contributed by atoms with E-state index in [1.165, 1.54) is 0 Å². The second kappa shape index (κ2) is 8.82. The van der Waals surface area contributed by atoms with Crippen LogP contribution < -0.4 is 16.4 Å². The molecule has 1 aliphatic heterocycles. The fraction of sp³-hybridized carbons (Fsp3) is 0.333. The van der Waals surface area contributed by atoms with Gasteiger partial charge in [-0.15, -0.1) is 0 Å². The van der Waals surface area contributed by atoms with Gasteiger partial charge in [0.25, 0.3) is 5.91 Å². The summed E-state index contributed by atoms with van der Waals surface area (Å²) in [6.07, 6.45) is 6.70. The molecule has 2 aromatic rings. The van der Waals surface area contributed by atoms with Gasteiger partial charge in [0.1, 0.15) is 11.1 Å². The Morgan fingerprint density at radius 3 is 2.67 bits per heavy atom. The minimum Gasteiger partial charge on any atom is -0.365 e. The van der Waals surface area contributed by atoms with Crippen molar-refractivity contribution in [3.8, 4) is 6.07 Å². The first-order valence-electron chi connectivity index (χ1n) is 10.9. The van der Waals surface area contributed by atoms with Crippen LogP contribution in [0.1, 0.15) is 37.0 Å². The Balaban J connectivity index is 1.54. The average molecular weight is 446 g/mol. The highest BCUT2D eigenvalue weighted by atomic mass is 16.2. The number of nitrogens with two attached hydrogens (primary N) is 1. The molecule has 170 valence electrons. The minimum absolute atomic E-state index is 0.141. The second-order valence-corrected chi connectivity index (χ2v) is 8.67. The fourth-order valence-electron chi connectivity index (χ4n) is 4.30. The lowest BCUT2D eigenvalue weighted by molar-refractivity contribution is 0.0353. The smallest absolute Gasteiger partial charge is 0.321 e. The first-order chi connectivity index (χ1) is 15.8. The molecule has 9 nitrogen and oxygen atoms in total. The Morgan fingerprint density at radius 2 is 2.03 bits per heavy atom. The van der Waals surface area contributed by atoms with Crippen molar-refractivity contribution in [2.24, 2.45) is 11.7 Å². The van der Waals surface area contributed by atoms with Gasteiger partial charge in [-0.3, -0.25) is 9.48 Å². The molecule has 0 bridgehead atoms. The molecule has 1 aromatic heterocycles. The molecule has 33 heavy (non-hydrogen) atoms. The number of anilines is 2. The number of amides is 3. The molecule has 2 aliphatic rings. The molecule has 0 spiro atoms. The molecule has 1 unspecified atom stereocenters. The van der Waals surface area contributed by atoms with Crippen LogP contribution in [0.5, 0.6) is 0 Å². The number of nitriles is 1. The van der Waals surface area contributed by atoms with Gasteiger partial charge >= 0.3 is 6.03 Å². The molecule has 1 fully saturated rings. The highest BCUT2D eigenvalue weighted by Crippen LogP contribution is 2.34. The molecule has 0 radical (unpaired) electrons. The lowest BCUT2D eigenvalue weighted by Crippen LogP contribution is -2.66. The number of likely N-dealkylation sites (tertiary alicyclic amines) is 1. The predicted octanol–water partition coefficient (Wildman–Crippen LogP) is 3.23. The largest absolute Gasteiger partial charge is 0.365 e. The van der Waals surface area contributed by atoms with Crippen molar-refractivity contribution in [1.82, 2.24) is 20.0 Å². The van der Waals surface area contributed by atoms with Gasteiger partial charge in [-0.1, -0.05) is 37.3 Å². The van der Waals surface area contributed by atoms with Crippen LogP contribution in [0.25, 0.3) is 0 Å². The molecule has 9 heteroatoms. The molecule has 2 heterocycles.